The molecule has 0 spiro atoms. The summed E-state index contributed by atoms with van der Waals surface area (Å²) in [6, 6.07) is 25.9. The zero-order chi connectivity index (χ0) is 30.9. The molecule has 7 aromatic rings. The first-order chi connectivity index (χ1) is 21.1. The van der Waals surface area contributed by atoms with Gasteiger partial charge >= 0.3 is 0 Å². The molecule has 0 N–H and O–H groups in total. The summed E-state index contributed by atoms with van der Waals surface area (Å²) in [5.74, 6) is 1.87. The van der Waals surface area contributed by atoms with Crippen molar-refractivity contribution in [3.63, 3.8) is 0 Å². The largest absolute Gasteiger partial charge is 0.363 e. The van der Waals surface area contributed by atoms with E-state index in [2.05, 4.69) is 100 Å². The van der Waals surface area contributed by atoms with E-state index in [-0.39, 0.29) is 0 Å². The standard InChI is InChI=1S/C38H36N6/c1-21-17-30(32-16-12-26-10-14-28-24(4)20-34(44(7)8)42-38(28)36(26)40-32)22(2)18-29(21)31-15-11-25-9-13-27-23(3)19-33(43(5)6)41-37(27)35(25)39-31/h9-20H,1-8H3. The Bertz CT molecular complexity index is 2120. The topological polar surface area (TPSA) is 58.0 Å². The number of aromatic nitrogens is 4. The van der Waals surface area contributed by atoms with Crippen LogP contribution in [0.3, 0.4) is 0 Å². The third-order valence-electron chi connectivity index (χ3n) is 8.70. The molecular weight excluding hydrogens is 540 g/mol. The van der Waals surface area contributed by atoms with Crippen LogP contribution in [0.4, 0.5) is 11.6 Å². The van der Waals surface area contributed by atoms with E-state index in [4.69, 9.17) is 19.9 Å². The third-order valence-corrected chi connectivity index (χ3v) is 8.70. The number of nitrogens with zero attached hydrogens (tertiary/aromatic N) is 6. The van der Waals surface area contributed by atoms with Crippen LogP contribution in [0.1, 0.15) is 22.3 Å². The second kappa shape index (κ2) is 10.3. The van der Waals surface area contributed by atoms with Crippen molar-refractivity contribution < 1.29 is 0 Å². The lowest BCUT2D eigenvalue weighted by Crippen LogP contribution is -2.11. The van der Waals surface area contributed by atoms with Crippen molar-refractivity contribution in [2.24, 2.45) is 0 Å². The molecule has 6 heteroatoms. The maximum Gasteiger partial charge on any atom is 0.129 e. The van der Waals surface area contributed by atoms with Crippen LogP contribution >= 0.6 is 0 Å². The number of fused-ring (bicyclic) bond motifs is 6. The summed E-state index contributed by atoms with van der Waals surface area (Å²) >= 11 is 0. The number of hydrogen-bond donors (Lipinski definition) is 0. The number of aryl methyl sites for hydroxylation is 4. The lowest BCUT2D eigenvalue weighted by Gasteiger charge is -2.16. The molecule has 3 aromatic carbocycles. The minimum atomic E-state index is 0.927. The molecule has 0 unspecified atom stereocenters. The fourth-order valence-electron chi connectivity index (χ4n) is 6.17. The molecular formula is C38H36N6. The van der Waals surface area contributed by atoms with Gasteiger partial charge in [-0.15, -0.1) is 0 Å². The molecule has 0 aliphatic carbocycles. The van der Waals surface area contributed by atoms with Gasteiger partial charge in [0.2, 0.25) is 0 Å². The van der Waals surface area contributed by atoms with Crippen molar-refractivity contribution >= 4 is 55.2 Å². The molecule has 0 saturated heterocycles. The quantitative estimate of drug-likeness (QED) is 0.196. The second-order valence-electron chi connectivity index (χ2n) is 12.3. The Hall–Kier alpha value is -5.10. The molecule has 0 radical (unpaired) electrons. The molecule has 0 aliphatic heterocycles. The molecule has 6 nitrogen and oxygen atoms in total. The summed E-state index contributed by atoms with van der Waals surface area (Å²) in [4.78, 5) is 24.5. The van der Waals surface area contributed by atoms with Gasteiger partial charge in [-0.1, -0.05) is 36.4 Å². The van der Waals surface area contributed by atoms with Crippen molar-refractivity contribution in [3.8, 4) is 22.5 Å². The van der Waals surface area contributed by atoms with Gasteiger partial charge in [-0.25, -0.2) is 19.9 Å². The van der Waals surface area contributed by atoms with Crippen molar-refractivity contribution in [1.29, 1.82) is 0 Å². The van der Waals surface area contributed by atoms with Gasteiger partial charge in [0.25, 0.3) is 0 Å². The highest BCUT2D eigenvalue weighted by atomic mass is 15.1. The number of benzene rings is 3. The normalized spacial score (nSPS) is 11.6. The van der Waals surface area contributed by atoms with E-state index in [0.29, 0.717) is 0 Å². The lowest BCUT2D eigenvalue weighted by molar-refractivity contribution is 1.08. The first kappa shape index (κ1) is 27.7. The summed E-state index contributed by atoms with van der Waals surface area (Å²) in [5, 5.41) is 4.44. The number of pyridine rings is 4. The summed E-state index contributed by atoms with van der Waals surface area (Å²) < 4.78 is 0. The minimum absolute atomic E-state index is 0.927. The molecule has 0 aliphatic rings. The van der Waals surface area contributed by atoms with Crippen LogP contribution in [0.2, 0.25) is 0 Å². The Balaban J connectivity index is 1.37. The molecule has 0 amide bonds. The Morgan fingerprint density at radius 3 is 1.18 bits per heavy atom. The van der Waals surface area contributed by atoms with E-state index >= 15 is 0 Å². The van der Waals surface area contributed by atoms with Crippen LogP contribution in [-0.2, 0) is 0 Å². The van der Waals surface area contributed by atoms with E-state index in [9.17, 15) is 0 Å². The highest BCUT2D eigenvalue weighted by Crippen LogP contribution is 2.35. The lowest BCUT2D eigenvalue weighted by atomic mass is 9.95. The van der Waals surface area contributed by atoms with Crippen LogP contribution in [-0.4, -0.2) is 48.1 Å². The summed E-state index contributed by atoms with van der Waals surface area (Å²) in [5.41, 5.74) is 12.5. The van der Waals surface area contributed by atoms with Gasteiger partial charge in [0.15, 0.2) is 0 Å². The predicted molar refractivity (Wildman–Crippen MR) is 186 cm³/mol. The maximum absolute atomic E-state index is 5.22. The smallest absolute Gasteiger partial charge is 0.129 e. The Morgan fingerprint density at radius 2 is 0.795 bits per heavy atom. The van der Waals surface area contributed by atoms with Gasteiger partial charge in [0, 0.05) is 60.9 Å². The molecule has 218 valence electrons. The van der Waals surface area contributed by atoms with Gasteiger partial charge in [0.05, 0.1) is 33.5 Å². The molecule has 0 atom stereocenters. The molecule has 0 saturated carbocycles. The summed E-state index contributed by atoms with van der Waals surface area (Å²) in [6.07, 6.45) is 0. The molecule has 0 bridgehead atoms. The van der Waals surface area contributed by atoms with Crippen LogP contribution in [0, 0.1) is 27.7 Å². The summed E-state index contributed by atoms with van der Waals surface area (Å²) in [7, 11) is 8.10. The van der Waals surface area contributed by atoms with E-state index in [0.717, 1.165) is 88.9 Å². The number of hydrogen-bond acceptors (Lipinski definition) is 6. The van der Waals surface area contributed by atoms with Gasteiger partial charge in [0.1, 0.15) is 11.6 Å². The van der Waals surface area contributed by atoms with Gasteiger partial charge < -0.3 is 9.80 Å². The van der Waals surface area contributed by atoms with Crippen LogP contribution < -0.4 is 9.80 Å². The van der Waals surface area contributed by atoms with Crippen molar-refractivity contribution in [2.75, 3.05) is 38.0 Å². The predicted octanol–water partition coefficient (Wildman–Crippen LogP) is 8.58. The van der Waals surface area contributed by atoms with Gasteiger partial charge in [-0.05, 0) is 86.3 Å². The van der Waals surface area contributed by atoms with E-state index in [1.54, 1.807) is 0 Å². The van der Waals surface area contributed by atoms with E-state index in [1.165, 1.54) is 11.1 Å². The third kappa shape index (κ3) is 4.49. The Kier molecular flexibility index (Phi) is 6.47. The maximum atomic E-state index is 5.22. The molecule has 0 fully saturated rings. The zero-order valence-electron chi connectivity index (χ0n) is 26.6. The van der Waals surface area contributed by atoms with Gasteiger partial charge in [-0.2, -0.15) is 0 Å². The van der Waals surface area contributed by atoms with Crippen molar-refractivity contribution in [1.82, 2.24) is 19.9 Å². The average Bonchev–Trinajstić information content (AvgIpc) is 3.01. The zero-order valence-corrected chi connectivity index (χ0v) is 26.6. The highest BCUT2D eigenvalue weighted by molar-refractivity contribution is 6.06. The molecule has 4 heterocycles. The Morgan fingerprint density at radius 1 is 0.409 bits per heavy atom. The average molecular weight is 577 g/mol. The first-order valence-electron chi connectivity index (χ1n) is 15.0. The Labute approximate surface area is 258 Å². The van der Waals surface area contributed by atoms with Crippen molar-refractivity contribution in [2.45, 2.75) is 27.7 Å². The monoisotopic (exact) mass is 576 g/mol. The second-order valence-corrected chi connectivity index (χ2v) is 12.3. The number of rotatable bonds is 4. The highest BCUT2D eigenvalue weighted by Gasteiger charge is 2.16. The van der Waals surface area contributed by atoms with E-state index < -0.39 is 0 Å². The fourth-order valence-corrected chi connectivity index (χ4v) is 6.17. The van der Waals surface area contributed by atoms with Crippen LogP contribution in [0.15, 0.2) is 72.8 Å². The van der Waals surface area contributed by atoms with E-state index in [1.807, 2.05) is 38.0 Å². The summed E-state index contributed by atoms with van der Waals surface area (Å²) in [6.45, 7) is 8.59. The van der Waals surface area contributed by atoms with Crippen molar-refractivity contribution in [3.05, 3.63) is 95.1 Å². The van der Waals surface area contributed by atoms with Crippen LogP contribution in [0.5, 0.6) is 0 Å². The minimum Gasteiger partial charge on any atom is -0.363 e. The fraction of sp³-hybridized carbons (Fsp3) is 0.211. The van der Waals surface area contributed by atoms with Crippen LogP contribution in [0.25, 0.3) is 66.1 Å². The molecule has 4 aromatic heterocycles. The molecule has 44 heavy (non-hydrogen) atoms. The SMILES string of the molecule is Cc1cc(-c2ccc3ccc4c(C)cc(N(C)C)nc4c3n2)c(C)cc1-c1ccc2ccc3c(C)cc(N(C)C)nc3c2n1. The first-order valence-corrected chi connectivity index (χ1v) is 15.0. The van der Waals surface area contributed by atoms with Gasteiger partial charge in [-0.3, -0.25) is 0 Å². The number of anilines is 2. The molecule has 7 rings (SSSR count).